The van der Waals surface area contributed by atoms with Gasteiger partial charge in [0, 0.05) is 11.8 Å². The summed E-state index contributed by atoms with van der Waals surface area (Å²) in [6, 6.07) is 0. The van der Waals surface area contributed by atoms with Gasteiger partial charge in [-0.25, -0.2) is 0 Å². The predicted molar refractivity (Wildman–Crippen MR) is 36.6 cm³/mol. The molecule has 0 saturated heterocycles. The van der Waals surface area contributed by atoms with Crippen molar-refractivity contribution in [2.45, 2.75) is 0 Å². The highest BCUT2D eigenvalue weighted by molar-refractivity contribution is 6.02. The lowest BCUT2D eigenvalue weighted by molar-refractivity contribution is -0.143. The maximum absolute atomic E-state index is 11.0. The number of carbonyl (C=O) groups excluding carboxylic acids is 2. The number of ketones is 1. The van der Waals surface area contributed by atoms with Crippen molar-refractivity contribution in [1.82, 2.24) is 0 Å². The second-order valence-corrected chi connectivity index (χ2v) is 2.91. The first-order chi connectivity index (χ1) is 5.25. The van der Waals surface area contributed by atoms with Crippen molar-refractivity contribution >= 4 is 11.8 Å². The number of methoxy groups -OCH3 is 1. The van der Waals surface area contributed by atoms with Crippen LogP contribution in [-0.2, 0) is 14.3 Å². The fraction of sp³-hybridized carbons (Fsp3) is 0.500. The van der Waals surface area contributed by atoms with Crippen LogP contribution in [0.2, 0.25) is 0 Å². The lowest BCUT2D eigenvalue weighted by Crippen LogP contribution is -2.09. The van der Waals surface area contributed by atoms with Crippen molar-refractivity contribution in [2.24, 2.45) is 17.8 Å². The van der Waals surface area contributed by atoms with Crippen LogP contribution in [0.3, 0.4) is 0 Å². The van der Waals surface area contributed by atoms with E-state index in [4.69, 9.17) is 0 Å². The summed E-state index contributed by atoms with van der Waals surface area (Å²) in [5, 5.41) is 0. The van der Waals surface area contributed by atoms with Gasteiger partial charge in [0.15, 0.2) is 5.78 Å². The number of hydrogen-bond acceptors (Lipinski definition) is 3. The van der Waals surface area contributed by atoms with Crippen molar-refractivity contribution < 1.29 is 14.3 Å². The van der Waals surface area contributed by atoms with Crippen LogP contribution >= 0.6 is 0 Å². The predicted octanol–water partition coefficient (Wildman–Crippen LogP) is 0.160. The Balaban J connectivity index is 2.10. The number of allylic oxidation sites excluding steroid dienone is 2. The third-order valence-electron chi connectivity index (χ3n) is 2.36. The molecule has 0 unspecified atom stereocenters. The first-order valence-corrected chi connectivity index (χ1v) is 3.55. The van der Waals surface area contributed by atoms with Gasteiger partial charge in [0.1, 0.15) is 0 Å². The van der Waals surface area contributed by atoms with Crippen LogP contribution in [0, 0.1) is 17.8 Å². The van der Waals surface area contributed by atoms with Gasteiger partial charge in [-0.15, -0.1) is 0 Å². The minimum atomic E-state index is -0.252. The third kappa shape index (κ3) is 0.737. The zero-order chi connectivity index (χ0) is 8.01. The van der Waals surface area contributed by atoms with E-state index in [9.17, 15) is 9.59 Å². The van der Waals surface area contributed by atoms with Gasteiger partial charge in [-0.1, -0.05) is 6.08 Å². The summed E-state index contributed by atoms with van der Waals surface area (Å²) < 4.78 is 4.53. The fourth-order valence-corrected chi connectivity index (χ4v) is 1.70. The van der Waals surface area contributed by atoms with Gasteiger partial charge < -0.3 is 4.74 Å². The quantitative estimate of drug-likeness (QED) is 0.503. The summed E-state index contributed by atoms with van der Waals surface area (Å²) >= 11 is 0. The molecule has 0 bridgehead atoms. The summed E-state index contributed by atoms with van der Waals surface area (Å²) in [6.45, 7) is 0. The summed E-state index contributed by atoms with van der Waals surface area (Å²) in [5.41, 5.74) is 0. The van der Waals surface area contributed by atoms with Crippen molar-refractivity contribution in [1.29, 1.82) is 0 Å². The minimum Gasteiger partial charge on any atom is -0.469 e. The molecule has 0 N–H and O–H groups in total. The molecule has 58 valence electrons. The van der Waals surface area contributed by atoms with E-state index in [-0.39, 0.29) is 29.5 Å². The molecule has 3 nitrogen and oxygen atoms in total. The third-order valence-corrected chi connectivity index (χ3v) is 2.36. The van der Waals surface area contributed by atoms with Gasteiger partial charge in [-0.2, -0.15) is 0 Å². The zero-order valence-electron chi connectivity index (χ0n) is 6.11. The molecule has 0 amide bonds. The number of fused-ring (bicyclic) bond motifs is 1. The molecule has 2 aliphatic rings. The molecule has 0 heterocycles. The average Bonchev–Trinajstić information content (AvgIpc) is 2.63. The molecule has 2 rings (SSSR count). The molecular formula is C8H8O3. The Morgan fingerprint density at radius 3 is 2.82 bits per heavy atom. The van der Waals surface area contributed by atoms with Crippen molar-refractivity contribution in [3.63, 3.8) is 0 Å². The Bertz CT molecular complexity index is 254. The Hall–Kier alpha value is -1.12. The van der Waals surface area contributed by atoms with Crippen LogP contribution in [0.15, 0.2) is 12.2 Å². The van der Waals surface area contributed by atoms with Gasteiger partial charge in [0.2, 0.25) is 0 Å². The van der Waals surface area contributed by atoms with E-state index in [2.05, 4.69) is 4.74 Å². The lowest BCUT2D eigenvalue weighted by atomic mass is 10.2. The van der Waals surface area contributed by atoms with E-state index in [0.717, 1.165) is 0 Å². The van der Waals surface area contributed by atoms with Crippen LogP contribution in [0.25, 0.3) is 0 Å². The summed E-state index contributed by atoms with van der Waals surface area (Å²) in [4.78, 5) is 21.9. The van der Waals surface area contributed by atoms with Gasteiger partial charge in [-0.05, 0) is 6.08 Å². The van der Waals surface area contributed by atoms with Crippen LogP contribution in [0.1, 0.15) is 0 Å². The average molecular weight is 152 g/mol. The molecular weight excluding hydrogens is 144 g/mol. The molecule has 0 spiro atoms. The first-order valence-electron chi connectivity index (χ1n) is 3.55. The SMILES string of the molecule is COC(=O)[C@H]1[C@@H]2C=CC(=O)[C@@H]21. The normalized spacial score (nSPS) is 38.6. The highest BCUT2D eigenvalue weighted by Crippen LogP contribution is 2.52. The number of hydrogen-bond donors (Lipinski definition) is 0. The maximum Gasteiger partial charge on any atom is 0.310 e. The van der Waals surface area contributed by atoms with E-state index in [1.807, 2.05) is 0 Å². The number of esters is 1. The molecule has 2 aliphatic carbocycles. The van der Waals surface area contributed by atoms with Crippen LogP contribution in [0.5, 0.6) is 0 Å². The number of ether oxygens (including phenoxy) is 1. The second kappa shape index (κ2) is 1.94. The Morgan fingerprint density at radius 1 is 1.64 bits per heavy atom. The summed E-state index contributed by atoms with van der Waals surface area (Å²) in [6.07, 6.45) is 3.35. The smallest absolute Gasteiger partial charge is 0.310 e. The lowest BCUT2D eigenvalue weighted by Gasteiger charge is -1.95. The second-order valence-electron chi connectivity index (χ2n) is 2.91. The van der Waals surface area contributed by atoms with Gasteiger partial charge in [0.25, 0.3) is 0 Å². The van der Waals surface area contributed by atoms with E-state index in [1.54, 1.807) is 12.2 Å². The van der Waals surface area contributed by atoms with E-state index in [1.165, 1.54) is 7.11 Å². The van der Waals surface area contributed by atoms with Crippen molar-refractivity contribution in [2.75, 3.05) is 7.11 Å². The van der Waals surface area contributed by atoms with Crippen LogP contribution in [-0.4, -0.2) is 18.9 Å². The Morgan fingerprint density at radius 2 is 2.36 bits per heavy atom. The summed E-state index contributed by atoms with van der Waals surface area (Å²) in [5.74, 6) is -0.280. The maximum atomic E-state index is 11.0. The topological polar surface area (TPSA) is 43.4 Å². The fourth-order valence-electron chi connectivity index (χ4n) is 1.70. The largest absolute Gasteiger partial charge is 0.469 e. The van der Waals surface area contributed by atoms with E-state index >= 15 is 0 Å². The van der Waals surface area contributed by atoms with Gasteiger partial charge in [0.05, 0.1) is 13.0 Å². The van der Waals surface area contributed by atoms with E-state index < -0.39 is 0 Å². The highest BCUT2D eigenvalue weighted by atomic mass is 16.5. The van der Waals surface area contributed by atoms with Crippen molar-refractivity contribution in [3.8, 4) is 0 Å². The zero-order valence-corrected chi connectivity index (χ0v) is 6.11. The van der Waals surface area contributed by atoms with E-state index in [0.29, 0.717) is 0 Å². The Kier molecular flexibility index (Phi) is 1.16. The molecule has 11 heavy (non-hydrogen) atoms. The van der Waals surface area contributed by atoms with Crippen molar-refractivity contribution in [3.05, 3.63) is 12.2 Å². The minimum absolute atomic E-state index is 0.0744. The highest BCUT2D eigenvalue weighted by Gasteiger charge is 2.60. The molecule has 0 aromatic carbocycles. The first kappa shape index (κ1) is 6.58. The molecule has 1 saturated carbocycles. The molecule has 0 aliphatic heterocycles. The van der Waals surface area contributed by atoms with Gasteiger partial charge in [-0.3, -0.25) is 9.59 Å². The Labute approximate surface area is 64.0 Å². The van der Waals surface area contributed by atoms with Crippen LogP contribution < -0.4 is 0 Å². The van der Waals surface area contributed by atoms with Crippen LogP contribution in [0.4, 0.5) is 0 Å². The molecule has 0 aromatic heterocycles. The molecule has 0 aromatic rings. The molecule has 3 heteroatoms. The standard InChI is InChI=1S/C8H8O3/c1-11-8(10)7-4-2-3-5(9)6(4)7/h2-4,6-7H,1H3/t4-,6-,7+/m1/s1. The summed E-state index contributed by atoms with van der Waals surface area (Å²) in [7, 11) is 1.35. The number of carbonyl (C=O) groups is 2. The number of rotatable bonds is 1. The molecule has 0 radical (unpaired) electrons. The monoisotopic (exact) mass is 152 g/mol. The molecule has 1 fully saturated rings. The molecule has 3 atom stereocenters. The van der Waals surface area contributed by atoms with Gasteiger partial charge >= 0.3 is 5.97 Å².